The minimum absolute atomic E-state index is 0.0484. The average molecular weight is 471 g/mol. The first-order valence-electron chi connectivity index (χ1n) is 8.15. The van der Waals surface area contributed by atoms with Crippen molar-refractivity contribution in [2.45, 2.75) is 30.1 Å². The highest BCUT2D eigenvalue weighted by molar-refractivity contribution is 8.16. The minimum Gasteiger partial charge on any atom is -0.316 e. The minimum atomic E-state index is -5.10. The number of hydrogen-bond donors (Lipinski definition) is 0. The Morgan fingerprint density at radius 1 is 1.13 bits per heavy atom. The Morgan fingerprint density at radius 2 is 1.70 bits per heavy atom. The summed E-state index contributed by atoms with van der Waals surface area (Å²) in [6, 6.07) is 1.39. The van der Waals surface area contributed by atoms with Crippen LogP contribution in [0.4, 0.5) is 32.0 Å². The Morgan fingerprint density at radius 3 is 2.20 bits per heavy atom. The number of carbonyl (C=O) groups is 1. The van der Waals surface area contributed by atoms with E-state index in [2.05, 4.69) is 4.99 Å². The van der Waals surface area contributed by atoms with E-state index in [9.17, 15) is 39.6 Å². The third-order valence-corrected chi connectivity index (χ3v) is 7.58. The van der Waals surface area contributed by atoms with E-state index in [-0.39, 0.29) is 17.0 Å². The second-order valence-corrected chi connectivity index (χ2v) is 9.92. The molecule has 2 aliphatic heterocycles. The van der Waals surface area contributed by atoms with Gasteiger partial charge in [-0.2, -0.15) is 36.6 Å². The highest BCUT2D eigenvalue weighted by atomic mass is 32.2. The van der Waals surface area contributed by atoms with Gasteiger partial charge in [-0.15, -0.1) is 0 Å². The number of fused-ring (bicyclic) bond motifs is 1. The fourth-order valence-electron chi connectivity index (χ4n) is 3.16. The quantitative estimate of drug-likeness (QED) is 0.616. The largest absolute Gasteiger partial charge is 0.416 e. The zero-order chi connectivity index (χ0) is 22.5. The second-order valence-electron chi connectivity index (χ2n) is 6.56. The van der Waals surface area contributed by atoms with Crippen LogP contribution in [-0.4, -0.2) is 42.3 Å². The van der Waals surface area contributed by atoms with Crippen molar-refractivity contribution in [3.63, 3.8) is 0 Å². The van der Waals surface area contributed by atoms with Gasteiger partial charge in [0.15, 0.2) is 15.0 Å². The van der Waals surface area contributed by atoms with Crippen molar-refractivity contribution in [3.05, 3.63) is 29.3 Å². The van der Waals surface area contributed by atoms with Gasteiger partial charge >= 0.3 is 12.4 Å². The molecule has 2 saturated heterocycles. The van der Waals surface area contributed by atoms with Gasteiger partial charge in [0.25, 0.3) is 5.91 Å². The van der Waals surface area contributed by atoms with E-state index >= 15 is 0 Å². The van der Waals surface area contributed by atoms with Crippen LogP contribution in [0, 0.1) is 11.3 Å². The number of benzene rings is 1. The van der Waals surface area contributed by atoms with E-state index in [1.165, 1.54) is 6.07 Å². The summed E-state index contributed by atoms with van der Waals surface area (Å²) in [5, 5.41) is 7.61. The van der Waals surface area contributed by atoms with Crippen molar-refractivity contribution < 1.29 is 39.6 Å². The summed E-state index contributed by atoms with van der Waals surface area (Å²) in [6.45, 7) is 0. The van der Waals surface area contributed by atoms with Gasteiger partial charge in [-0.1, -0.05) is 11.8 Å². The molecule has 0 aliphatic carbocycles. The van der Waals surface area contributed by atoms with Crippen molar-refractivity contribution in [2.75, 3.05) is 16.4 Å². The van der Waals surface area contributed by atoms with Crippen LogP contribution in [0.1, 0.15) is 17.5 Å². The van der Waals surface area contributed by atoms with Gasteiger partial charge in [0.1, 0.15) is 6.42 Å². The molecule has 2 fully saturated rings. The van der Waals surface area contributed by atoms with E-state index in [0.717, 1.165) is 16.7 Å². The lowest BCUT2D eigenvalue weighted by atomic mass is 10.1. The smallest absolute Gasteiger partial charge is 0.316 e. The van der Waals surface area contributed by atoms with Crippen molar-refractivity contribution in [2.24, 2.45) is 4.99 Å². The van der Waals surface area contributed by atoms with Gasteiger partial charge in [-0.25, -0.2) is 8.42 Å². The van der Waals surface area contributed by atoms with Crippen LogP contribution in [0.3, 0.4) is 0 Å². The molecule has 0 aromatic heterocycles. The Hall–Kier alpha value is -2.27. The van der Waals surface area contributed by atoms with Gasteiger partial charge in [-0.05, 0) is 18.2 Å². The molecule has 14 heteroatoms. The van der Waals surface area contributed by atoms with E-state index in [1.807, 2.05) is 0 Å². The molecule has 0 bridgehead atoms. The van der Waals surface area contributed by atoms with Crippen LogP contribution < -0.4 is 4.90 Å². The summed E-state index contributed by atoms with van der Waals surface area (Å²) < 4.78 is 103. The molecule has 1 amide bonds. The number of aliphatic imine (C=N–C) groups is 1. The number of hydrogen-bond acceptors (Lipinski definition) is 5. The molecule has 2 atom stereocenters. The number of thioether (sulfide) groups is 1. The van der Waals surface area contributed by atoms with E-state index < -0.39 is 68.4 Å². The van der Waals surface area contributed by atoms with Gasteiger partial charge < -0.3 is 4.90 Å². The van der Waals surface area contributed by atoms with Crippen LogP contribution in [0.25, 0.3) is 0 Å². The van der Waals surface area contributed by atoms with Crippen LogP contribution in [0.15, 0.2) is 23.2 Å². The number of nitriles is 1. The first kappa shape index (κ1) is 22.4. The lowest BCUT2D eigenvalue weighted by molar-refractivity contribution is -0.143. The molecule has 0 saturated carbocycles. The predicted molar refractivity (Wildman–Crippen MR) is 95.4 cm³/mol. The maximum absolute atomic E-state index is 13.2. The summed E-state index contributed by atoms with van der Waals surface area (Å²) in [4.78, 5) is 16.3. The summed E-state index contributed by atoms with van der Waals surface area (Å²) in [5.74, 6) is -1.83. The molecule has 2 heterocycles. The molecule has 0 unspecified atom stereocenters. The molecule has 1 aromatic rings. The Kier molecular flexibility index (Phi) is 5.57. The number of amidine groups is 1. The number of halogens is 6. The summed E-state index contributed by atoms with van der Waals surface area (Å²) in [5.41, 5.74) is -3.74. The highest BCUT2D eigenvalue weighted by Crippen LogP contribution is 2.44. The Balaban J connectivity index is 2.17. The summed E-state index contributed by atoms with van der Waals surface area (Å²) in [7, 11) is -3.58. The number of amides is 1. The molecule has 1 aromatic carbocycles. The average Bonchev–Trinajstić information content (AvgIpc) is 3.03. The maximum atomic E-state index is 13.2. The molecular formula is C16H11F6N3O3S2. The molecular weight excluding hydrogens is 460 g/mol. The SMILES string of the molecule is N#CCC(=O)N=C1S[C@H]2CS(=O)(=O)C[C@H]2N1c1cc(C(F)(F)F)cc(C(F)(F)F)c1. The summed E-state index contributed by atoms with van der Waals surface area (Å²) >= 11 is 0.771. The molecule has 162 valence electrons. The van der Waals surface area contributed by atoms with Gasteiger partial charge in [0.2, 0.25) is 0 Å². The molecule has 0 radical (unpaired) electrons. The first-order chi connectivity index (χ1) is 13.7. The van der Waals surface area contributed by atoms with Crippen molar-refractivity contribution in [3.8, 4) is 6.07 Å². The van der Waals surface area contributed by atoms with Crippen molar-refractivity contribution in [1.29, 1.82) is 5.26 Å². The zero-order valence-electron chi connectivity index (χ0n) is 14.7. The number of rotatable bonds is 2. The number of carbonyl (C=O) groups excluding carboxylic acids is 1. The normalized spacial score (nSPS) is 24.7. The standard InChI is InChI=1S/C16H11F6N3O3S2/c17-15(18,19)8-3-9(16(20,21)22)5-10(4-8)25-11-6-30(27,28)7-12(11)29-14(25)24-13(26)1-2-23/h3-5,11-12H,1,6-7H2/t11-,12+/m1/s1. The van der Waals surface area contributed by atoms with Gasteiger partial charge in [0.05, 0.1) is 34.7 Å². The molecule has 0 spiro atoms. The topological polar surface area (TPSA) is 90.6 Å². The van der Waals surface area contributed by atoms with Crippen LogP contribution in [-0.2, 0) is 27.0 Å². The predicted octanol–water partition coefficient (Wildman–Crippen LogP) is 3.24. The third-order valence-electron chi connectivity index (χ3n) is 4.37. The van der Waals surface area contributed by atoms with E-state index in [4.69, 9.17) is 5.26 Å². The third kappa shape index (κ3) is 4.56. The number of alkyl halides is 6. The monoisotopic (exact) mass is 471 g/mol. The maximum Gasteiger partial charge on any atom is 0.416 e. The van der Waals surface area contributed by atoms with Crippen LogP contribution in [0.2, 0.25) is 0 Å². The zero-order valence-corrected chi connectivity index (χ0v) is 16.3. The number of anilines is 1. The van der Waals surface area contributed by atoms with E-state index in [1.54, 1.807) is 0 Å². The first-order valence-corrected chi connectivity index (χ1v) is 10.9. The lowest BCUT2D eigenvalue weighted by Crippen LogP contribution is -2.38. The van der Waals surface area contributed by atoms with Crippen molar-refractivity contribution in [1.82, 2.24) is 0 Å². The van der Waals surface area contributed by atoms with E-state index in [0.29, 0.717) is 12.1 Å². The fraction of sp³-hybridized carbons (Fsp3) is 0.438. The molecule has 2 aliphatic rings. The van der Waals surface area contributed by atoms with Gasteiger partial charge in [0, 0.05) is 10.9 Å². The molecule has 0 N–H and O–H groups in total. The molecule has 3 rings (SSSR count). The van der Waals surface area contributed by atoms with Crippen LogP contribution >= 0.6 is 11.8 Å². The molecule has 6 nitrogen and oxygen atoms in total. The van der Waals surface area contributed by atoms with Crippen molar-refractivity contribution >= 4 is 38.4 Å². The summed E-state index contributed by atoms with van der Waals surface area (Å²) in [6.07, 6.45) is -10.8. The fourth-order valence-corrected chi connectivity index (χ4v) is 7.09. The second kappa shape index (κ2) is 7.45. The molecule has 30 heavy (non-hydrogen) atoms. The van der Waals surface area contributed by atoms with Gasteiger partial charge in [-0.3, -0.25) is 4.79 Å². The Bertz CT molecular complexity index is 1030. The van der Waals surface area contributed by atoms with Crippen LogP contribution in [0.5, 0.6) is 0 Å². The lowest BCUT2D eigenvalue weighted by Gasteiger charge is -2.26. The Labute approximate surface area is 170 Å². The number of sulfone groups is 1. The highest BCUT2D eigenvalue weighted by Gasteiger charge is 2.50. The number of nitrogens with zero attached hydrogens (tertiary/aromatic N) is 3.